The topological polar surface area (TPSA) is 17.1 Å². The third-order valence-corrected chi connectivity index (χ3v) is 7.16. The normalized spacial score (nSPS) is 28.3. The second-order valence-electron chi connectivity index (χ2n) is 4.32. The molecule has 0 unspecified atom stereocenters. The quantitative estimate of drug-likeness (QED) is 0.549. The summed E-state index contributed by atoms with van der Waals surface area (Å²) < 4.78 is -0.594. The van der Waals surface area contributed by atoms with Crippen LogP contribution in [0.3, 0.4) is 0 Å². The second-order valence-corrected chi connectivity index (χ2v) is 8.03. The van der Waals surface area contributed by atoms with Crippen molar-refractivity contribution in [3.8, 4) is 0 Å². The molecular weight excluding hydrogens is 247 g/mol. The van der Waals surface area contributed by atoms with Crippen molar-refractivity contribution in [2.75, 3.05) is 0 Å². The average Bonchev–Trinajstić information content (AvgIpc) is 2.02. The molecule has 1 aliphatic carbocycles. The van der Waals surface area contributed by atoms with Gasteiger partial charge in [0.15, 0.2) is 0 Å². The Hall–Kier alpha value is 0.950. The molecule has 1 fully saturated rings. The summed E-state index contributed by atoms with van der Waals surface area (Å²) >= 11 is 6.42. The molecule has 0 aromatic rings. The van der Waals surface area contributed by atoms with Crippen LogP contribution in [0, 0.1) is 10.8 Å². The lowest BCUT2D eigenvalue weighted by molar-refractivity contribution is -0.153. The fraction of sp³-hybridized carbons (Fsp3) is 0.875. The van der Waals surface area contributed by atoms with Gasteiger partial charge in [-0.05, 0) is 10.7 Å². The van der Waals surface area contributed by atoms with Crippen LogP contribution in [0.5, 0.6) is 0 Å². The molecule has 1 nitrogen and oxygen atoms in total. The zero-order chi connectivity index (χ0) is 10.5. The third-order valence-electron chi connectivity index (χ3n) is 2.89. The maximum atomic E-state index is 11.7. The van der Waals surface area contributed by atoms with Crippen molar-refractivity contribution in [2.45, 2.75) is 31.9 Å². The van der Waals surface area contributed by atoms with Crippen molar-refractivity contribution in [3.63, 3.8) is 0 Å². The van der Waals surface area contributed by atoms with Crippen LogP contribution < -0.4 is 0 Å². The van der Waals surface area contributed by atoms with E-state index in [1.54, 1.807) is 0 Å². The highest BCUT2D eigenvalue weighted by Crippen LogP contribution is 2.70. The minimum absolute atomic E-state index is 0.202. The molecule has 0 aromatic heterocycles. The maximum Gasteiger partial charge on any atom is 0.149 e. The van der Waals surface area contributed by atoms with Crippen LogP contribution >= 0.6 is 43.1 Å². The van der Waals surface area contributed by atoms with Gasteiger partial charge in [0.2, 0.25) is 0 Å². The van der Waals surface area contributed by atoms with Gasteiger partial charge in [-0.1, -0.05) is 38.5 Å². The molecule has 0 heterocycles. The van der Waals surface area contributed by atoms with Crippen LogP contribution in [0.2, 0.25) is 0 Å². The number of alkyl halides is 1. The van der Waals surface area contributed by atoms with Crippen molar-refractivity contribution in [1.82, 2.24) is 0 Å². The standard InChI is InChI=1S/C8H12Cl2OS2/c1-6(2)5(11)7(3,4)8(6,9)12-13-10/h1-4H3. The van der Waals surface area contributed by atoms with Crippen LogP contribution in [0.1, 0.15) is 27.7 Å². The van der Waals surface area contributed by atoms with Gasteiger partial charge >= 0.3 is 0 Å². The van der Waals surface area contributed by atoms with Gasteiger partial charge in [-0.15, -0.1) is 11.6 Å². The van der Waals surface area contributed by atoms with E-state index in [1.807, 2.05) is 27.7 Å². The maximum absolute atomic E-state index is 11.7. The van der Waals surface area contributed by atoms with E-state index in [4.69, 9.17) is 22.3 Å². The Morgan fingerprint density at radius 2 is 1.54 bits per heavy atom. The molecule has 13 heavy (non-hydrogen) atoms. The monoisotopic (exact) mass is 258 g/mol. The molecule has 0 N–H and O–H groups in total. The predicted octanol–water partition coefficient (Wildman–Crippen LogP) is 4.09. The van der Waals surface area contributed by atoms with Crippen LogP contribution in [0.15, 0.2) is 0 Å². The molecule has 1 aliphatic rings. The SMILES string of the molecule is CC1(C)C(=O)C(C)(C)C1(Cl)SSCl. The number of hydrogen-bond donors (Lipinski definition) is 0. The van der Waals surface area contributed by atoms with Crippen LogP contribution in [-0.4, -0.2) is 9.99 Å². The number of carbonyl (C=O) groups is 1. The van der Waals surface area contributed by atoms with E-state index >= 15 is 0 Å². The number of ketones is 1. The summed E-state index contributed by atoms with van der Waals surface area (Å²) in [6, 6.07) is 0. The zero-order valence-electron chi connectivity index (χ0n) is 7.98. The van der Waals surface area contributed by atoms with E-state index in [0.717, 1.165) is 10.0 Å². The van der Waals surface area contributed by atoms with Gasteiger partial charge in [-0.3, -0.25) is 4.79 Å². The highest BCUT2D eigenvalue weighted by atomic mass is 35.7. The molecule has 0 spiro atoms. The molecule has 0 bridgehead atoms. The molecule has 0 atom stereocenters. The lowest BCUT2D eigenvalue weighted by atomic mass is 9.54. The first-order valence-electron chi connectivity index (χ1n) is 3.92. The number of halogens is 2. The fourth-order valence-electron chi connectivity index (χ4n) is 2.04. The molecular formula is C8H12Cl2OS2. The Balaban J connectivity index is 3.02. The second kappa shape index (κ2) is 3.22. The molecule has 1 saturated carbocycles. The van der Waals surface area contributed by atoms with E-state index in [-0.39, 0.29) is 5.78 Å². The minimum atomic E-state index is -0.594. The Morgan fingerprint density at radius 1 is 1.15 bits per heavy atom. The highest BCUT2D eigenvalue weighted by molar-refractivity contribution is 8.85. The van der Waals surface area contributed by atoms with Crippen LogP contribution in [0.25, 0.3) is 0 Å². The third kappa shape index (κ3) is 1.27. The van der Waals surface area contributed by atoms with Crippen molar-refractivity contribution < 1.29 is 4.79 Å². The molecule has 0 aliphatic heterocycles. The van der Waals surface area contributed by atoms with E-state index in [1.165, 1.54) is 10.8 Å². The summed E-state index contributed by atoms with van der Waals surface area (Å²) in [6.07, 6.45) is 0. The molecule has 0 aromatic carbocycles. The molecule has 5 heteroatoms. The summed E-state index contributed by atoms with van der Waals surface area (Å²) in [5.74, 6) is 0.202. The molecule has 1 rings (SSSR count). The molecule has 0 amide bonds. The van der Waals surface area contributed by atoms with Gasteiger partial charge in [0.05, 0.1) is 10.8 Å². The Labute approximate surface area is 96.2 Å². The Bertz CT molecular complexity index is 233. The molecule has 0 saturated heterocycles. The summed E-state index contributed by atoms with van der Waals surface area (Å²) in [5.41, 5.74) is -0.991. The van der Waals surface area contributed by atoms with Crippen LogP contribution in [0.4, 0.5) is 0 Å². The fourth-order valence-corrected chi connectivity index (χ4v) is 5.84. The van der Waals surface area contributed by atoms with Gasteiger partial charge in [-0.2, -0.15) is 0 Å². The first kappa shape index (κ1) is 12.0. The van der Waals surface area contributed by atoms with Crippen molar-refractivity contribution in [2.24, 2.45) is 10.8 Å². The van der Waals surface area contributed by atoms with Crippen LogP contribution in [-0.2, 0) is 4.79 Å². The lowest BCUT2D eigenvalue weighted by Crippen LogP contribution is -2.69. The highest BCUT2D eigenvalue weighted by Gasteiger charge is 2.72. The lowest BCUT2D eigenvalue weighted by Gasteiger charge is -2.60. The first-order valence-corrected chi connectivity index (χ1v) is 7.27. The van der Waals surface area contributed by atoms with Gasteiger partial charge < -0.3 is 0 Å². The number of hydrogen-bond acceptors (Lipinski definition) is 3. The van der Waals surface area contributed by atoms with E-state index < -0.39 is 15.0 Å². The Kier molecular flexibility index (Phi) is 2.98. The number of Topliss-reactive ketones (excluding diaryl/α,β-unsaturated/α-hetero) is 1. The molecule has 0 radical (unpaired) electrons. The smallest absolute Gasteiger partial charge is 0.149 e. The van der Waals surface area contributed by atoms with Crippen molar-refractivity contribution >= 4 is 48.9 Å². The number of rotatable bonds is 2. The van der Waals surface area contributed by atoms with E-state index in [0.29, 0.717) is 0 Å². The van der Waals surface area contributed by atoms with Gasteiger partial charge in [0.1, 0.15) is 9.99 Å². The summed E-state index contributed by atoms with van der Waals surface area (Å²) in [7, 11) is 8.05. The van der Waals surface area contributed by atoms with Crippen molar-refractivity contribution in [3.05, 3.63) is 0 Å². The van der Waals surface area contributed by atoms with E-state index in [2.05, 4.69) is 0 Å². The van der Waals surface area contributed by atoms with Crippen molar-refractivity contribution in [1.29, 1.82) is 0 Å². The van der Waals surface area contributed by atoms with Gasteiger partial charge in [0, 0.05) is 10.0 Å². The predicted molar refractivity (Wildman–Crippen MR) is 62.2 cm³/mol. The first-order chi connectivity index (χ1) is 5.72. The minimum Gasteiger partial charge on any atom is -0.298 e. The van der Waals surface area contributed by atoms with E-state index in [9.17, 15) is 4.79 Å². The number of carbonyl (C=O) groups excluding carboxylic acids is 1. The summed E-state index contributed by atoms with van der Waals surface area (Å²) in [4.78, 5) is 11.7. The van der Waals surface area contributed by atoms with Gasteiger partial charge in [-0.25, -0.2) is 0 Å². The molecule has 76 valence electrons. The Morgan fingerprint density at radius 3 is 1.85 bits per heavy atom. The summed E-state index contributed by atoms with van der Waals surface area (Å²) in [5, 5.41) is 0. The average molecular weight is 259 g/mol. The zero-order valence-corrected chi connectivity index (χ0v) is 11.1. The van der Waals surface area contributed by atoms with Gasteiger partial charge in [0.25, 0.3) is 0 Å². The largest absolute Gasteiger partial charge is 0.298 e. The summed E-state index contributed by atoms with van der Waals surface area (Å²) in [6.45, 7) is 7.47.